The maximum atomic E-state index is 13.5. The third-order valence-electron chi connectivity index (χ3n) is 5.43. The smallest absolute Gasteiger partial charge is 0.233 e. The Morgan fingerprint density at radius 2 is 1.97 bits per heavy atom. The lowest BCUT2D eigenvalue weighted by molar-refractivity contribution is -0.118. The number of benzene rings is 2. The van der Waals surface area contributed by atoms with Gasteiger partial charge in [0, 0.05) is 6.20 Å². The van der Waals surface area contributed by atoms with E-state index >= 15 is 0 Å². The number of hydrogen-bond acceptors (Lipinski definition) is 6. The zero-order valence-corrected chi connectivity index (χ0v) is 18.8. The predicted molar refractivity (Wildman–Crippen MR) is 125 cm³/mol. The molecule has 1 aliphatic rings. The fourth-order valence-electron chi connectivity index (χ4n) is 3.78. The maximum Gasteiger partial charge on any atom is 0.233 e. The number of aromatic nitrogens is 2. The number of para-hydroxylation sites is 1. The highest BCUT2D eigenvalue weighted by molar-refractivity contribution is 7.22. The highest BCUT2D eigenvalue weighted by Gasteiger charge is 2.23. The second-order valence-corrected chi connectivity index (χ2v) is 9.02. The summed E-state index contributed by atoms with van der Waals surface area (Å²) >= 11 is 1.54. The SMILES string of the molecule is CC(C)c1cccc2sc(N(Cc3ccccn3)C(=O)Cc3ccc4c(c3)OCO4)nc12. The van der Waals surface area contributed by atoms with E-state index < -0.39 is 0 Å². The molecule has 1 aliphatic heterocycles. The molecule has 4 aromatic rings. The Bertz CT molecular complexity index is 1270. The summed E-state index contributed by atoms with van der Waals surface area (Å²) in [5, 5.41) is 0.685. The number of anilines is 1. The Balaban J connectivity index is 1.50. The summed E-state index contributed by atoms with van der Waals surface area (Å²) in [5.41, 5.74) is 3.83. The highest BCUT2D eigenvalue weighted by atomic mass is 32.1. The second kappa shape index (κ2) is 8.59. The van der Waals surface area contributed by atoms with Crippen molar-refractivity contribution < 1.29 is 14.3 Å². The van der Waals surface area contributed by atoms with E-state index in [1.54, 1.807) is 11.1 Å². The van der Waals surface area contributed by atoms with Crippen LogP contribution in [0.1, 0.15) is 36.6 Å². The Labute approximate surface area is 190 Å². The number of ether oxygens (including phenoxy) is 2. The van der Waals surface area contributed by atoms with Crippen LogP contribution in [0.15, 0.2) is 60.8 Å². The van der Waals surface area contributed by atoms with Crippen molar-refractivity contribution in [3.8, 4) is 11.5 Å². The summed E-state index contributed by atoms with van der Waals surface area (Å²) in [6, 6.07) is 17.6. The monoisotopic (exact) mass is 445 g/mol. The Morgan fingerprint density at radius 1 is 1.09 bits per heavy atom. The minimum absolute atomic E-state index is 0.0420. The van der Waals surface area contributed by atoms with Gasteiger partial charge < -0.3 is 9.47 Å². The molecule has 0 saturated carbocycles. The van der Waals surface area contributed by atoms with Crippen LogP contribution in [0.25, 0.3) is 10.2 Å². The number of carbonyl (C=O) groups excluding carboxylic acids is 1. The summed E-state index contributed by atoms with van der Waals surface area (Å²) in [7, 11) is 0. The van der Waals surface area contributed by atoms with Crippen molar-refractivity contribution in [2.45, 2.75) is 32.7 Å². The molecule has 162 valence electrons. The lowest BCUT2D eigenvalue weighted by Crippen LogP contribution is -2.32. The van der Waals surface area contributed by atoms with Gasteiger partial charge in [-0.15, -0.1) is 0 Å². The molecule has 5 rings (SSSR count). The van der Waals surface area contributed by atoms with Crippen LogP contribution in [0.3, 0.4) is 0 Å². The van der Waals surface area contributed by atoms with Gasteiger partial charge in [-0.25, -0.2) is 4.98 Å². The van der Waals surface area contributed by atoms with Crippen LogP contribution >= 0.6 is 11.3 Å². The number of hydrogen-bond donors (Lipinski definition) is 0. The third-order valence-corrected chi connectivity index (χ3v) is 6.48. The van der Waals surface area contributed by atoms with Crippen LogP contribution in [-0.2, 0) is 17.8 Å². The standard InChI is InChI=1S/C25H23N3O3S/c1-16(2)19-7-5-8-22-24(19)27-25(32-22)28(14-18-6-3-4-11-26-18)23(29)13-17-9-10-20-21(12-17)31-15-30-20/h3-12,16H,13-15H2,1-2H3. The van der Waals surface area contributed by atoms with E-state index in [9.17, 15) is 4.79 Å². The van der Waals surface area contributed by atoms with Crippen molar-refractivity contribution in [1.82, 2.24) is 9.97 Å². The first-order chi connectivity index (χ1) is 15.6. The van der Waals surface area contributed by atoms with Crippen molar-refractivity contribution in [3.05, 3.63) is 77.6 Å². The Kier molecular flexibility index (Phi) is 5.49. The molecule has 0 N–H and O–H groups in total. The molecule has 0 saturated heterocycles. The lowest BCUT2D eigenvalue weighted by Gasteiger charge is -2.19. The van der Waals surface area contributed by atoms with Gasteiger partial charge >= 0.3 is 0 Å². The first-order valence-electron chi connectivity index (χ1n) is 10.6. The summed E-state index contributed by atoms with van der Waals surface area (Å²) in [6.07, 6.45) is 1.97. The van der Waals surface area contributed by atoms with E-state index in [0.29, 0.717) is 29.1 Å². The van der Waals surface area contributed by atoms with Crippen LogP contribution in [-0.4, -0.2) is 22.7 Å². The van der Waals surface area contributed by atoms with Crippen molar-refractivity contribution >= 4 is 32.6 Å². The summed E-state index contributed by atoms with van der Waals surface area (Å²) in [4.78, 5) is 24.6. The molecule has 0 aliphatic carbocycles. The minimum atomic E-state index is -0.0420. The fourth-order valence-corrected chi connectivity index (χ4v) is 4.79. The molecule has 0 bridgehead atoms. The molecule has 7 heteroatoms. The molecule has 1 amide bonds. The topological polar surface area (TPSA) is 64.6 Å². The second-order valence-electron chi connectivity index (χ2n) is 8.01. The van der Waals surface area contributed by atoms with Gasteiger partial charge in [0.2, 0.25) is 12.7 Å². The van der Waals surface area contributed by atoms with E-state index in [4.69, 9.17) is 14.5 Å². The quantitative estimate of drug-likeness (QED) is 0.402. The van der Waals surface area contributed by atoms with Crippen LogP contribution < -0.4 is 14.4 Å². The van der Waals surface area contributed by atoms with Crippen LogP contribution in [0.4, 0.5) is 5.13 Å². The number of amides is 1. The average molecular weight is 446 g/mol. The van der Waals surface area contributed by atoms with Crippen molar-refractivity contribution in [2.24, 2.45) is 0 Å². The Morgan fingerprint density at radius 3 is 2.78 bits per heavy atom. The number of nitrogens with zero attached hydrogens (tertiary/aromatic N) is 3. The van der Waals surface area contributed by atoms with E-state index in [0.717, 1.165) is 21.5 Å². The largest absolute Gasteiger partial charge is 0.454 e. The number of pyridine rings is 1. The zero-order valence-electron chi connectivity index (χ0n) is 17.9. The Hall–Kier alpha value is -3.45. The molecule has 3 heterocycles. The molecule has 2 aromatic carbocycles. The molecule has 0 radical (unpaired) electrons. The van der Waals surface area contributed by atoms with Gasteiger partial charge in [-0.3, -0.25) is 14.7 Å². The van der Waals surface area contributed by atoms with Gasteiger partial charge in [-0.2, -0.15) is 0 Å². The predicted octanol–water partition coefficient (Wildman–Crippen LogP) is 5.32. The number of thiazole rings is 1. The first-order valence-corrected chi connectivity index (χ1v) is 11.4. The van der Waals surface area contributed by atoms with E-state index in [2.05, 4.69) is 37.0 Å². The van der Waals surface area contributed by atoms with E-state index in [1.165, 1.54) is 16.9 Å². The summed E-state index contributed by atoms with van der Waals surface area (Å²) < 4.78 is 11.9. The molecular formula is C25H23N3O3S. The minimum Gasteiger partial charge on any atom is -0.454 e. The summed E-state index contributed by atoms with van der Waals surface area (Å²) in [5.74, 6) is 1.69. The van der Waals surface area contributed by atoms with Crippen molar-refractivity contribution in [1.29, 1.82) is 0 Å². The lowest BCUT2D eigenvalue weighted by atomic mass is 10.0. The average Bonchev–Trinajstić information content (AvgIpc) is 3.44. The van der Waals surface area contributed by atoms with Crippen LogP contribution in [0.2, 0.25) is 0 Å². The van der Waals surface area contributed by atoms with Gasteiger partial charge in [0.25, 0.3) is 0 Å². The molecule has 2 aromatic heterocycles. The third kappa shape index (κ3) is 4.03. The molecule has 32 heavy (non-hydrogen) atoms. The van der Waals surface area contributed by atoms with Gasteiger partial charge in [0.15, 0.2) is 16.6 Å². The number of fused-ring (bicyclic) bond motifs is 2. The van der Waals surface area contributed by atoms with Gasteiger partial charge in [-0.05, 0) is 47.4 Å². The normalized spacial score (nSPS) is 12.5. The maximum absolute atomic E-state index is 13.5. The number of carbonyl (C=O) groups is 1. The van der Waals surface area contributed by atoms with Crippen molar-refractivity contribution in [2.75, 3.05) is 11.7 Å². The molecule has 6 nitrogen and oxygen atoms in total. The highest BCUT2D eigenvalue weighted by Crippen LogP contribution is 2.35. The molecular weight excluding hydrogens is 422 g/mol. The molecule has 0 spiro atoms. The van der Waals surface area contributed by atoms with E-state index in [1.807, 2.05) is 36.4 Å². The van der Waals surface area contributed by atoms with Crippen molar-refractivity contribution in [3.63, 3.8) is 0 Å². The van der Waals surface area contributed by atoms with Crippen LogP contribution in [0, 0.1) is 0 Å². The summed E-state index contributed by atoms with van der Waals surface area (Å²) in [6.45, 7) is 4.89. The van der Waals surface area contributed by atoms with E-state index in [-0.39, 0.29) is 19.1 Å². The molecule has 0 atom stereocenters. The first kappa shape index (κ1) is 20.5. The van der Waals surface area contributed by atoms with Gasteiger partial charge in [-0.1, -0.05) is 49.4 Å². The van der Waals surface area contributed by atoms with Gasteiger partial charge in [0.05, 0.1) is 28.9 Å². The molecule has 0 fully saturated rings. The van der Waals surface area contributed by atoms with Gasteiger partial charge in [0.1, 0.15) is 0 Å². The zero-order chi connectivity index (χ0) is 22.1. The molecule has 0 unspecified atom stereocenters. The van der Waals surface area contributed by atoms with Crippen LogP contribution in [0.5, 0.6) is 11.5 Å². The fraction of sp³-hybridized carbons (Fsp3) is 0.240. The number of rotatable bonds is 6.